The molecule has 1 aromatic carbocycles. The number of nitrogens with one attached hydrogen (secondary N) is 2. The number of aliphatic hydroxyl groups excluding tert-OH is 2. The van der Waals surface area contributed by atoms with Crippen LogP contribution >= 0.6 is 45.8 Å². The van der Waals surface area contributed by atoms with Gasteiger partial charge in [0.05, 0.1) is 23.9 Å². The number of amides is 1. The number of anilines is 1. The van der Waals surface area contributed by atoms with E-state index < -0.39 is 23.7 Å². The Hall–Kier alpha value is -1.73. The van der Waals surface area contributed by atoms with E-state index in [0.717, 1.165) is 9.13 Å². The third-order valence-electron chi connectivity index (χ3n) is 6.49. The number of hydrogen-bond donors (Lipinski definition) is 4. The maximum Gasteiger partial charge on any atom is 0.229 e. The summed E-state index contributed by atoms with van der Waals surface area (Å²) in [6.45, 7) is 0.401. The van der Waals surface area contributed by atoms with E-state index in [1.165, 1.54) is 13.4 Å². The van der Waals surface area contributed by atoms with Crippen LogP contribution in [-0.4, -0.2) is 54.9 Å². The number of halogens is 3. The Balaban J connectivity index is 1.49. The van der Waals surface area contributed by atoms with Crippen LogP contribution in [0.25, 0.3) is 11.2 Å². The molecule has 0 aliphatic heterocycles. The largest absolute Gasteiger partial charge is 0.389 e. The molecule has 0 unspecified atom stereocenters. The molecule has 9 nitrogen and oxygen atoms in total. The van der Waals surface area contributed by atoms with Gasteiger partial charge in [-0.25, -0.2) is 4.98 Å². The topological polar surface area (TPSA) is 125 Å². The average molecular weight is 589 g/mol. The lowest BCUT2D eigenvalue weighted by Gasteiger charge is -2.23. The van der Waals surface area contributed by atoms with Crippen molar-refractivity contribution in [1.29, 1.82) is 0 Å². The molecule has 2 aromatic heterocycles. The summed E-state index contributed by atoms with van der Waals surface area (Å²) in [5.41, 5.74) is 0.783. The minimum absolute atomic E-state index is 0.0110. The SMILES string of the molecule is CNC(=O)[C@]12C[C@H]1[C@@H](n1cnc3c(NCc4cc(I)ccc4Cl)nc(Cl)nc31)[C@H](O)[C@@H]2O. The van der Waals surface area contributed by atoms with Gasteiger partial charge in [-0.3, -0.25) is 4.79 Å². The molecule has 2 heterocycles. The zero-order valence-electron chi connectivity index (χ0n) is 16.8. The molecule has 32 heavy (non-hydrogen) atoms. The second-order valence-electron chi connectivity index (χ2n) is 8.11. The Morgan fingerprint density at radius 1 is 1.34 bits per heavy atom. The van der Waals surface area contributed by atoms with Crippen molar-refractivity contribution in [3.8, 4) is 0 Å². The molecule has 3 aromatic rings. The highest BCUT2D eigenvalue weighted by Gasteiger charge is 2.75. The normalized spacial score (nSPS) is 28.6. The van der Waals surface area contributed by atoms with Gasteiger partial charge < -0.3 is 25.4 Å². The van der Waals surface area contributed by atoms with E-state index in [-0.39, 0.29) is 17.1 Å². The van der Waals surface area contributed by atoms with Crippen LogP contribution in [0.3, 0.4) is 0 Å². The number of imidazole rings is 1. The van der Waals surface area contributed by atoms with Crippen LogP contribution in [0, 0.1) is 14.9 Å². The van der Waals surface area contributed by atoms with E-state index in [0.29, 0.717) is 35.0 Å². The lowest BCUT2D eigenvalue weighted by Crippen LogP contribution is -2.41. The number of carbonyl (C=O) groups is 1. The van der Waals surface area contributed by atoms with Crippen LogP contribution in [0.4, 0.5) is 5.82 Å². The second kappa shape index (κ2) is 7.94. The zero-order valence-corrected chi connectivity index (χ0v) is 20.4. The number of benzene rings is 1. The van der Waals surface area contributed by atoms with Crippen molar-refractivity contribution in [2.24, 2.45) is 11.3 Å². The van der Waals surface area contributed by atoms with E-state index in [9.17, 15) is 15.0 Å². The summed E-state index contributed by atoms with van der Waals surface area (Å²) >= 11 is 14.7. The van der Waals surface area contributed by atoms with Crippen molar-refractivity contribution in [3.63, 3.8) is 0 Å². The molecule has 4 N–H and O–H groups in total. The first-order valence-electron chi connectivity index (χ1n) is 9.94. The Kier molecular flexibility index (Phi) is 5.48. The molecule has 1 amide bonds. The van der Waals surface area contributed by atoms with Crippen molar-refractivity contribution in [1.82, 2.24) is 24.8 Å². The fraction of sp³-hybridized carbons (Fsp3) is 0.400. The summed E-state index contributed by atoms with van der Waals surface area (Å²) in [7, 11) is 1.52. The molecular formula is C20H19Cl2IN6O3. The summed E-state index contributed by atoms with van der Waals surface area (Å²) in [6.07, 6.45) is -0.297. The standard InChI is InChI=1S/C20H19Cl2IN6O3/c1-24-18(32)20-5-10(20)13(14(30)15(20)31)29-7-26-12-16(27-19(22)28-17(12)29)25-6-8-4-9(23)2-3-11(8)21/h2-4,7,10,13-15,30-31H,5-6H2,1H3,(H,24,32)(H,25,27,28)/t10-,13+,14-,15-,20+/m0/s1. The fourth-order valence-electron chi connectivity index (χ4n) is 4.88. The van der Waals surface area contributed by atoms with Gasteiger partial charge >= 0.3 is 0 Å². The van der Waals surface area contributed by atoms with Gasteiger partial charge in [0.25, 0.3) is 0 Å². The Labute approximate surface area is 206 Å². The van der Waals surface area contributed by atoms with Crippen LogP contribution in [0.5, 0.6) is 0 Å². The lowest BCUT2D eigenvalue weighted by atomic mass is 9.98. The number of carbonyl (C=O) groups excluding carboxylic acids is 1. The van der Waals surface area contributed by atoms with E-state index in [4.69, 9.17) is 23.2 Å². The minimum Gasteiger partial charge on any atom is -0.389 e. The van der Waals surface area contributed by atoms with Gasteiger partial charge in [0, 0.05) is 28.1 Å². The molecule has 0 radical (unpaired) electrons. The zero-order chi connectivity index (χ0) is 22.8. The maximum absolute atomic E-state index is 12.4. The molecule has 168 valence electrons. The number of fused-ring (bicyclic) bond motifs is 2. The smallest absolute Gasteiger partial charge is 0.229 e. The van der Waals surface area contributed by atoms with Gasteiger partial charge in [0.15, 0.2) is 17.0 Å². The summed E-state index contributed by atoms with van der Waals surface area (Å²) in [4.78, 5) is 25.5. The van der Waals surface area contributed by atoms with Crippen LogP contribution in [-0.2, 0) is 11.3 Å². The maximum atomic E-state index is 12.4. The minimum atomic E-state index is -1.17. The first kappa shape index (κ1) is 22.1. The molecule has 2 aliphatic carbocycles. The Bertz CT molecular complexity index is 1240. The van der Waals surface area contributed by atoms with E-state index in [2.05, 4.69) is 48.2 Å². The van der Waals surface area contributed by atoms with Crippen LogP contribution in [0.1, 0.15) is 18.0 Å². The van der Waals surface area contributed by atoms with Gasteiger partial charge in [-0.15, -0.1) is 0 Å². The highest BCUT2D eigenvalue weighted by Crippen LogP contribution is 2.67. The molecule has 0 saturated heterocycles. The molecule has 5 rings (SSSR count). The highest BCUT2D eigenvalue weighted by atomic mass is 127. The van der Waals surface area contributed by atoms with Crippen LogP contribution in [0.2, 0.25) is 10.3 Å². The Morgan fingerprint density at radius 2 is 2.12 bits per heavy atom. The van der Waals surface area contributed by atoms with Crippen molar-refractivity contribution in [2.45, 2.75) is 31.2 Å². The first-order chi connectivity index (χ1) is 15.3. The van der Waals surface area contributed by atoms with E-state index in [1.54, 1.807) is 4.57 Å². The summed E-state index contributed by atoms with van der Waals surface area (Å²) < 4.78 is 2.74. The molecular weight excluding hydrogens is 570 g/mol. The summed E-state index contributed by atoms with van der Waals surface area (Å²) in [5.74, 6) is -0.0827. The molecule has 2 fully saturated rings. The van der Waals surface area contributed by atoms with Crippen molar-refractivity contribution in [2.75, 3.05) is 12.4 Å². The monoisotopic (exact) mass is 588 g/mol. The third-order valence-corrected chi connectivity index (χ3v) is 7.70. The first-order valence-corrected chi connectivity index (χ1v) is 11.8. The van der Waals surface area contributed by atoms with Gasteiger partial charge in [0.1, 0.15) is 6.10 Å². The number of nitrogens with zero attached hydrogens (tertiary/aromatic N) is 4. The van der Waals surface area contributed by atoms with Gasteiger partial charge in [-0.05, 0) is 64.4 Å². The van der Waals surface area contributed by atoms with Gasteiger partial charge in [-0.2, -0.15) is 9.97 Å². The summed E-state index contributed by atoms with van der Waals surface area (Å²) in [6, 6.07) is 5.16. The predicted molar refractivity (Wildman–Crippen MR) is 127 cm³/mol. The predicted octanol–water partition coefficient (Wildman–Crippen LogP) is 2.38. The van der Waals surface area contributed by atoms with Gasteiger partial charge in [0.2, 0.25) is 11.2 Å². The molecule has 5 atom stereocenters. The van der Waals surface area contributed by atoms with Crippen LogP contribution in [0.15, 0.2) is 24.5 Å². The number of hydrogen-bond acceptors (Lipinski definition) is 7. The number of aromatic nitrogens is 4. The fourth-order valence-corrected chi connectivity index (χ4v) is 5.78. The average Bonchev–Trinajstić information content (AvgIpc) is 3.31. The third kappa shape index (κ3) is 3.26. The highest BCUT2D eigenvalue weighted by molar-refractivity contribution is 14.1. The van der Waals surface area contributed by atoms with Crippen molar-refractivity contribution >= 4 is 68.7 Å². The quantitative estimate of drug-likeness (QED) is 0.266. The second-order valence-corrected chi connectivity index (χ2v) is 10.1. The van der Waals surface area contributed by atoms with Crippen molar-refractivity contribution < 1.29 is 15.0 Å². The molecule has 2 aliphatic rings. The number of rotatable bonds is 5. The lowest BCUT2D eigenvalue weighted by molar-refractivity contribution is -0.132. The van der Waals surface area contributed by atoms with E-state index in [1.807, 2.05) is 18.2 Å². The molecule has 0 spiro atoms. The van der Waals surface area contributed by atoms with E-state index >= 15 is 0 Å². The molecule has 0 bridgehead atoms. The summed E-state index contributed by atoms with van der Waals surface area (Å²) in [5, 5.41) is 27.9. The van der Waals surface area contributed by atoms with Gasteiger partial charge in [-0.1, -0.05) is 11.6 Å². The molecule has 2 saturated carbocycles. The Morgan fingerprint density at radius 3 is 2.88 bits per heavy atom. The van der Waals surface area contributed by atoms with Crippen LogP contribution < -0.4 is 10.6 Å². The van der Waals surface area contributed by atoms with Crippen molar-refractivity contribution in [3.05, 3.63) is 44.0 Å². The number of aliphatic hydroxyl groups is 2. The molecule has 12 heteroatoms.